The number of thiazole rings is 2. The Bertz CT molecular complexity index is 431. The van der Waals surface area contributed by atoms with E-state index in [4.69, 9.17) is 0 Å². The van der Waals surface area contributed by atoms with Crippen LogP contribution in [-0.4, -0.2) is 24.1 Å². The lowest BCUT2D eigenvalue weighted by Gasteiger charge is -2.04. The highest BCUT2D eigenvalue weighted by atomic mass is 32.1. The zero-order chi connectivity index (χ0) is 10.1. The monoisotopic (exact) mass is 225 g/mol. The Morgan fingerprint density at radius 2 is 2.14 bits per heavy atom. The Morgan fingerprint density at radius 3 is 2.64 bits per heavy atom. The Hall–Kier alpha value is -0.940. The fraction of sp³-hybridized carbons (Fsp3) is 0.333. The van der Waals surface area contributed by atoms with Gasteiger partial charge in [0, 0.05) is 25.2 Å². The van der Waals surface area contributed by atoms with Gasteiger partial charge < -0.3 is 4.90 Å². The summed E-state index contributed by atoms with van der Waals surface area (Å²) < 4.78 is 0. The van der Waals surface area contributed by atoms with Crippen molar-refractivity contribution in [2.24, 2.45) is 0 Å². The third-order valence-corrected chi connectivity index (χ3v) is 4.00. The Morgan fingerprint density at radius 1 is 1.36 bits per heavy atom. The van der Waals surface area contributed by atoms with Gasteiger partial charge in [-0.1, -0.05) is 11.3 Å². The number of anilines is 1. The van der Waals surface area contributed by atoms with E-state index in [1.807, 2.05) is 32.1 Å². The molecule has 0 radical (unpaired) electrons. The summed E-state index contributed by atoms with van der Waals surface area (Å²) in [5, 5.41) is 4.14. The average molecular weight is 225 g/mol. The molecule has 0 saturated heterocycles. The van der Waals surface area contributed by atoms with Crippen LogP contribution >= 0.6 is 22.7 Å². The number of hydrogen-bond donors (Lipinski definition) is 0. The molecule has 2 heterocycles. The molecule has 0 atom stereocenters. The maximum Gasteiger partial charge on any atom is 0.185 e. The maximum absolute atomic E-state index is 4.42. The van der Waals surface area contributed by atoms with E-state index >= 15 is 0 Å². The van der Waals surface area contributed by atoms with Crippen LogP contribution in [0.3, 0.4) is 0 Å². The number of aromatic nitrogens is 2. The van der Waals surface area contributed by atoms with Crippen LogP contribution < -0.4 is 4.90 Å². The van der Waals surface area contributed by atoms with Crippen molar-refractivity contribution in [1.29, 1.82) is 0 Å². The highest BCUT2D eigenvalue weighted by molar-refractivity contribution is 7.23. The van der Waals surface area contributed by atoms with E-state index in [0.717, 1.165) is 20.7 Å². The molecule has 0 saturated carbocycles. The minimum Gasteiger partial charge on any atom is -0.354 e. The zero-order valence-electron chi connectivity index (χ0n) is 8.31. The van der Waals surface area contributed by atoms with E-state index in [0.29, 0.717) is 0 Å². The Balaban J connectivity index is 2.33. The van der Waals surface area contributed by atoms with Crippen molar-refractivity contribution in [3.8, 4) is 9.88 Å². The summed E-state index contributed by atoms with van der Waals surface area (Å²) in [5.41, 5.74) is 1.07. The summed E-state index contributed by atoms with van der Waals surface area (Å²) in [6.07, 6.45) is 1.89. The van der Waals surface area contributed by atoms with Crippen LogP contribution in [0.4, 0.5) is 5.13 Å². The van der Waals surface area contributed by atoms with Gasteiger partial charge in [0.1, 0.15) is 5.01 Å². The van der Waals surface area contributed by atoms with Gasteiger partial charge in [-0.25, -0.2) is 9.97 Å². The van der Waals surface area contributed by atoms with Crippen molar-refractivity contribution >= 4 is 27.8 Å². The lowest BCUT2D eigenvalue weighted by atomic mass is 10.5. The first-order valence-corrected chi connectivity index (χ1v) is 5.92. The topological polar surface area (TPSA) is 29.0 Å². The summed E-state index contributed by atoms with van der Waals surface area (Å²) in [6.45, 7) is 2.01. The van der Waals surface area contributed by atoms with E-state index in [1.54, 1.807) is 22.7 Å². The van der Waals surface area contributed by atoms with E-state index < -0.39 is 0 Å². The van der Waals surface area contributed by atoms with E-state index in [2.05, 4.69) is 15.3 Å². The molecular formula is C9H11N3S2. The van der Waals surface area contributed by atoms with Gasteiger partial charge >= 0.3 is 0 Å². The summed E-state index contributed by atoms with van der Waals surface area (Å²) in [5.74, 6) is 0. The van der Waals surface area contributed by atoms with E-state index in [-0.39, 0.29) is 0 Å². The normalized spacial score (nSPS) is 10.5. The Labute approximate surface area is 91.1 Å². The van der Waals surface area contributed by atoms with Crippen LogP contribution in [0, 0.1) is 6.92 Å². The molecule has 0 amide bonds. The van der Waals surface area contributed by atoms with Crippen LogP contribution in [0.5, 0.6) is 0 Å². The molecule has 0 spiro atoms. The Kier molecular flexibility index (Phi) is 2.52. The molecule has 2 rings (SSSR count). The number of nitrogens with zero attached hydrogens (tertiary/aromatic N) is 3. The van der Waals surface area contributed by atoms with E-state index in [1.165, 1.54) is 0 Å². The van der Waals surface area contributed by atoms with Gasteiger partial charge in [0.15, 0.2) is 5.13 Å². The molecule has 0 aliphatic heterocycles. The van der Waals surface area contributed by atoms with Crippen molar-refractivity contribution < 1.29 is 0 Å². The number of rotatable bonds is 2. The van der Waals surface area contributed by atoms with Crippen molar-refractivity contribution in [1.82, 2.24) is 9.97 Å². The number of hydrogen-bond acceptors (Lipinski definition) is 5. The second kappa shape index (κ2) is 3.67. The quantitative estimate of drug-likeness (QED) is 0.786. The molecule has 0 aliphatic rings. The molecule has 0 unspecified atom stereocenters. The van der Waals surface area contributed by atoms with Crippen LogP contribution in [-0.2, 0) is 0 Å². The maximum atomic E-state index is 4.42. The minimum absolute atomic E-state index is 1.02. The fourth-order valence-electron chi connectivity index (χ4n) is 1.04. The molecule has 2 aromatic heterocycles. The summed E-state index contributed by atoms with van der Waals surface area (Å²) in [4.78, 5) is 11.9. The van der Waals surface area contributed by atoms with Gasteiger partial charge in [0.05, 0.1) is 11.1 Å². The lowest BCUT2D eigenvalue weighted by molar-refractivity contribution is 1.10. The predicted octanol–water partition coefficient (Wildman–Crippen LogP) is 2.64. The van der Waals surface area contributed by atoms with Gasteiger partial charge in [-0.05, 0) is 6.92 Å². The molecule has 0 aromatic carbocycles. The van der Waals surface area contributed by atoms with Gasteiger partial charge in [-0.3, -0.25) is 0 Å². The van der Waals surface area contributed by atoms with Crippen molar-refractivity contribution in [3.63, 3.8) is 0 Å². The predicted molar refractivity (Wildman–Crippen MR) is 62.3 cm³/mol. The largest absolute Gasteiger partial charge is 0.354 e. The molecule has 5 heteroatoms. The molecule has 0 fully saturated rings. The summed E-state index contributed by atoms with van der Waals surface area (Å²) in [7, 11) is 3.99. The zero-order valence-corrected chi connectivity index (χ0v) is 9.95. The summed E-state index contributed by atoms with van der Waals surface area (Å²) >= 11 is 3.34. The van der Waals surface area contributed by atoms with Crippen molar-refractivity contribution in [2.75, 3.05) is 19.0 Å². The minimum atomic E-state index is 1.02. The molecule has 0 aliphatic carbocycles. The second-order valence-electron chi connectivity index (χ2n) is 3.20. The first kappa shape index (κ1) is 9.61. The third-order valence-electron chi connectivity index (χ3n) is 1.71. The molecule has 2 aromatic rings. The molecule has 0 N–H and O–H groups in total. The van der Waals surface area contributed by atoms with Crippen LogP contribution in [0.1, 0.15) is 5.69 Å². The smallest absolute Gasteiger partial charge is 0.185 e. The second-order valence-corrected chi connectivity index (χ2v) is 5.06. The number of aryl methyl sites for hydroxylation is 1. The summed E-state index contributed by atoms with van der Waals surface area (Å²) in [6, 6.07) is 0. The SMILES string of the molecule is Cc1csc(-c2cnc(N(C)C)s2)n1. The van der Waals surface area contributed by atoms with Gasteiger partial charge in [0.25, 0.3) is 0 Å². The highest BCUT2D eigenvalue weighted by Gasteiger charge is 2.08. The van der Waals surface area contributed by atoms with Gasteiger partial charge in [0.2, 0.25) is 0 Å². The molecule has 74 valence electrons. The first-order chi connectivity index (χ1) is 6.66. The molecule has 14 heavy (non-hydrogen) atoms. The van der Waals surface area contributed by atoms with Gasteiger partial charge in [-0.15, -0.1) is 11.3 Å². The lowest BCUT2D eigenvalue weighted by Crippen LogP contribution is -2.07. The van der Waals surface area contributed by atoms with Gasteiger partial charge in [-0.2, -0.15) is 0 Å². The van der Waals surface area contributed by atoms with Crippen molar-refractivity contribution in [2.45, 2.75) is 6.92 Å². The van der Waals surface area contributed by atoms with Crippen molar-refractivity contribution in [3.05, 3.63) is 17.3 Å². The highest BCUT2D eigenvalue weighted by Crippen LogP contribution is 2.31. The third kappa shape index (κ3) is 1.78. The van der Waals surface area contributed by atoms with Crippen LogP contribution in [0.25, 0.3) is 9.88 Å². The molecule has 0 bridgehead atoms. The van der Waals surface area contributed by atoms with Crippen LogP contribution in [0.15, 0.2) is 11.6 Å². The molecular weight excluding hydrogens is 214 g/mol. The standard InChI is InChI=1S/C9H11N3S2/c1-6-5-13-8(11-6)7-4-10-9(14-7)12(2)3/h4-5H,1-3H3. The van der Waals surface area contributed by atoms with Crippen LogP contribution in [0.2, 0.25) is 0 Å². The first-order valence-electron chi connectivity index (χ1n) is 4.22. The fourth-order valence-corrected chi connectivity index (χ4v) is 2.73. The van der Waals surface area contributed by atoms with E-state index in [9.17, 15) is 0 Å². The molecule has 3 nitrogen and oxygen atoms in total. The average Bonchev–Trinajstić information content (AvgIpc) is 2.70.